The summed E-state index contributed by atoms with van der Waals surface area (Å²) in [5.74, 6) is -2.05. The number of nitrogens with two attached hydrogens (primary N) is 1. The fourth-order valence-corrected chi connectivity index (χ4v) is 2.20. The zero-order valence-electron chi connectivity index (χ0n) is 10.4. The first-order valence-corrected chi connectivity index (χ1v) is 6.48. The summed E-state index contributed by atoms with van der Waals surface area (Å²) in [6.45, 7) is 0. The molecule has 0 unspecified atom stereocenters. The maximum absolute atomic E-state index is 13.6. The lowest BCUT2D eigenvalue weighted by Gasteiger charge is -2.15. The molecule has 0 spiro atoms. The van der Waals surface area contributed by atoms with Crippen molar-refractivity contribution in [1.29, 1.82) is 0 Å². The minimum absolute atomic E-state index is 0.279. The molecule has 1 heterocycles. The molecule has 2 rings (SSSR count). The van der Waals surface area contributed by atoms with Crippen molar-refractivity contribution in [2.45, 2.75) is 12.4 Å². The van der Waals surface area contributed by atoms with Crippen molar-refractivity contribution in [3.63, 3.8) is 0 Å². The van der Waals surface area contributed by atoms with E-state index < -0.39 is 24.0 Å². The number of rotatable bonds is 3. The summed E-state index contributed by atoms with van der Waals surface area (Å²) in [4.78, 5) is 4.06. The molecule has 0 saturated heterocycles. The quantitative estimate of drug-likeness (QED) is 0.839. The summed E-state index contributed by atoms with van der Waals surface area (Å²) >= 11 is 3.26. The normalized spacial score (nSPS) is 13.0. The van der Waals surface area contributed by atoms with Gasteiger partial charge < -0.3 is 10.5 Å². The largest absolute Gasteiger partial charge is 0.573 e. The molecule has 0 aliphatic carbocycles. The van der Waals surface area contributed by atoms with Crippen LogP contribution in [0.4, 0.5) is 17.6 Å². The lowest BCUT2D eigenvalue weighted by Crippen LogP contribution is -2.19. The van der Waals surface area contributed by atoms with E-state index in [-0.39, 0.29) is 5.56 Å². The molecular weight excluding hydrogens is 356 g/mol. The van der Waals surface area contributed by atoms with E-state index in [0.717, 1.165) is 12.1 Å². The highest BCUT2D eigenvalue weighted by atomic mass is 79.9. The van der Waals surface area contributed by atoms with Crippen LogP contribution >= 0.6 is 15.9 Å². The number of ether oxygens (including phenoxy) is 1. The predicted octanol–water partition coefficient (Wildman–Crippen LogP) is 3.93. The molecule has 112 valence electrons. The molecule has 0 amide bonds. The summed E-state index contributed by atoms with van der Waals surface area (Å²) in [5.41, 5.74) is 6.67. The Hall–Kier alpha value is -1.67. The second kappa shape index (κ2) is 5.98. The summed E-state index contributed by atoms with van der Waals surface area (Å²) in [7, 11) is 0. The molecule has 0 aliphatic rings. The van der Waals surface area contributed by atoms with E-state index in [1.54, 1.807) is 12.1 Å². The third-order valence-electron chi connectivity index (χ3n) is 2.62. The number of benzene rings is 1. The van der Waals surface area contributed by atoms with Crippen LogP contribution in [0.5, 0.6) is 5.75 Å². The van der Waals surface area contributed by atoms with Crippen LogP contribution in [0.3, 0.4) is 0 Å². The second-order valence-corrected chi connectivity index (χ2v) is 4.94. The van der Waals surface area contributed by atoms with Gasteiger partial charge in [0.15, 0.2) is 11.6 Å². The Kier molecular flexibility index (Phi) is 4.48. The number of hydrogen-bond acceptors (Lipinski definition) is 3. The number of pyridine rings is 1. The lowest BCUT2D eigenvalue weighted by molar-refractivity contribution is -0.275. The van der Waals surface area contributed by atoms with Gasteiger partial charge in [-0.05, 0) is 45.8 Å². The van der Waals surface area contributed by atoms with Crippen LogP contribution in [0, 0.1) is 5.82 Å². The molecule has 0 radical (unpaired) electrons. The fraction of sp³-hybridized carbons (Fsp3) is 0.154. The first kappa shape index (κ1) is 15.7. The molecule has 0 bridgehead atoms. The molecule has 1 atom stereocenters. The number of nitrogens with zero attached hydrogens (tertiary/aromatic N) is 1. The fourth-order valence-electron chi connectivity index (χ4n) is 1.70. The summed E-state index contributed by atoms with van der Waals surface area (Å²) in [6, 6.07) is 5.65. The van der Waals surface area contributed by atoms with E-state index in [0.29, 0.717) is 10.2 Å². The van der Waals surface area contributed by atoms with Gasteiger partial charge in [0, 0.05) is 10.7 Å². The van der Waals surface area contributed by atoms with Gasteiger partial charge in [-0.25, -0.2) is 4.39 Å². The van der Waals surface area contributed by atoms with Gasteiger partial charge >= 0.3 is 6.36 Å². The minimum atomic E-state index is -4.95. The average Bonchev–Trinajstić information content (AvgIpc) is 2.39. The van der Waals surface area contributed by atoms with E-state index in [4.69, 9.17) is 5.73 Å². The molecule has 2 aromatic rings. The van der Waals surface area contributed by atoms with Crippen molar-refractivity contribution in [1.82, 2.24) is 4.98 Å². The van der Waals surface area contributed by atoms with Gasteiger partial charge in [-0.1, -0.05) is 6.07 Å². The van der Waals surface area contributed by atoms with Gasteiger partial charge in [0.2, 0.25) is 0 Å². The van der Waals surface area contributed by atoms with Crippen LogP contribution < -0.4 is 10.5 Å². The first-order chi connectivity index (χ1) is 9.78. The lowest BCUT2D eigenvalue weighted by atomic mass is 10.0. The topological polar surface area (TPSA) is 48.1 Å². The summed E-state index contributed by atoms with van der Waals surface area (Å²) < 4.78 is 54.0. The highest BCUT2D eigenvalue weighted by Crippen LogP contribution is 2.30. The Balaban J connectivity index is 2.30. The van der Waals surface area contributed by atoms with Crippen LogP contribution in [0.25, 0.3) is 0 Å². The summed E-state index contributed by atoms with van der Waals surface area (Å²) in [6.07, 6.45) is -3.44. The monoisotopic (exact) mass is 364 g/mol. The number of aromatic nitrogens is 1. The third-order valence-corrected chi connectivity index (χ3v) is 3.29. The predicted molar refractivity (Wildman–Crippen MR) is 71.1 cm³/mol. The van der Waals surface area contributed by atoms with Crippen molar-refractivity contribution in [2.75, 3.05) is 0 Å². The highest BCUT2D eigenvalue weighted by Gasteiger charge is 2.32. The Morgan fingerprint density at radius 3 is 2.52 bits per heavy atom. The molecule has 0 saturated carbocycles. The molecule has 3 nitrogen and oxygen atoms in total. The molecule has 1 aromatic carbocycles. The van der Waals surface area contributed by atoms with Crippen LogP contribution in [-0.4, -0.2) is 11.3 Å². The van der Waals surface area contributed by atoms with E-state index in [1.807, 2.05) is 0 Å². The van der Waals surface area contributed by atoms with Gasteiger partial charge in [0.25, 0.3) is 0 Å². The Bertz CT molecular complexity index is 648. The second-order valence-electron chi connectivity index (χ2n) is 4.09. The zero-order valence-corrected chi connectivity index (χ0v) is 12.0. The molecule has 0 fully saturated rings. The highest BCUT2D eigenvalue weighted by molar-refractivity contribution is 9.10. The molecule has 21 heavy (non-hydrogen) atoms. The van der Waals surface area contributed by atoms with Crippen molar-refractivity contribution in [2.24, 2.45) is 5.73 Å². The Labute approximate surface area is 125 Å². The smallest absolute Gasteiger partial charge is 0.403 e. The van der Waals surface area contributed by atoms with E-state index in [2.05, 4.69) is 25.7 Å². The first-order valence-electron chi connectivity index (χ1n) is 5.69. The maximum atomic E-state index is 13.6. The molecule has 1 aromatic heterocycles. The van der Waals surface area contributed by atoms with Gasteiger partial charge in [-0.3, -0.25) is 4.98 Å². The Morgan fingerprint density at radius 1 is 1.24 bits per heavy atom. The van der Waals surface area contributed by atoms with Gasteiger partial charge in [0.05, 0.1) is 11.7 Å². The third kappa shape index (κ3) is 3.92. The molecule has 0 aliphatic heterocycles. The van der Waals surface area contributed by atoms with Gasteiger partial charge in [-0.2, -0.15) is 0 Å². The van der Waals surface area contributed by atoms with E-state index in [9.17, 15) is 17.6 Å². The SMILES string of the molecule is N[C@@H](c1ccc(OC(F)(F)F)c(F)c1)c1ncccc1Br. The van der Waals surface area contributed by atoms with Crippen molar-refractivity contribution in [3.8, 4) is 5.75 Å². The van der Waals surface area contributed by atoms with Gasteiger partial charge in [-0.15, -0.1) is 13.2 Å². The van der Waals surface area contributed by atoms with Crippen molar-refractivity contribution < 1.29 is 22.3 Å². The number of hydrogen-bond donors (Lipinski definition) is 1. The van der Waals surface area contributed by atoms with E-state index >= 15 is 0 Å². The van der Waals surface area contributed by atoms with Crippen molar-refractivity contribution >= 4 is 15.9 Å². The van der Waals surface area contributed by atoms with Crippen LogP contribution in [0.15, 0.2) is 41.0 Å². The zero-order chi connectivity index (χ0) is 15.6. The minimum Gasteiger partial charge on any atom is -0.403 e. The summed E-state index contributed by atoms with van der Waals surface area (Å²) in [5, 5.41) is 0. The van der Waals surface area contributed by atoms with Crippen LogP contribution in [0.2, 0.25) is 0 Å². The van der Waals surface area contributed by atoms with Crippen molar-refractivity contribution in [3.05, 3.63) is 58.1 Å². The Morgan fingerprint density at radius 2 is 1.95 bits per heavy atom. The van der Waals surface area contributed by atoms with E-state index in [1.165, 1.54) is 12.3 Å². The molecule has 8 heteroatoms. The number of halogens is 5. The molecule has 2 N–H and O–H groups in total. The van der Waals surface area contributed by atoms with Crippen LogP contribution in [0.1, 0.15) is 17.3 Å². The number of alkyl halides is 3. The average molecular weight is 365 g/mol. The molecular formula is C13H9BrF4N2O. The standard InChI is InChI=1S/C13H9BrF4N2O/c14-8-2-1-5-20-12(8)11(19)7-3-4-10(9(15)6-7)21-13(16,17)18/h1-6,11H,19H2/t11-/m0/s1. The van der Waals surface area contributed by atoms with Crippen LogP contribution in [-0.2, 0) is 0 Å². The maximum Gasteiger partial charge on any atom is 0.573 e. The van der Waals surface area contributed by atoms with Gasteiger partial charge in [0.1, 0.15) is 0 Å².